The Labute approximate surface area is 166 Å². The molecule has 3 rings (SSSR count). The van der Waals surface area contributed by atoms with Gasteiger partial charge in [-0.25, -0.2) is 0 Å². The molecular weight excluding hydrogens is 352 g/mol. The molecule has 148 valence electrons. The predicted molar refractivity (Wildman–Crippen MR) is 112 cm³/mol. The largest absolute Gasteiger partial charge is 0.494 e. The van der Waals surface area contributed by atoms with Gasteiger partial charge in [0.2, 0.25) is 11.8 Å². The Balaban J connectivity index is 1.66. The van der Waals surface area contributed by atoms with E-state index in [4.69, 9.17) is 4.74 Å². The Hall–Kier alpha value is -2.82. The first kappa shape index (κ1) is 19.9. The van der Waals surface area contributed by atoms with Gasteiger partial charge in [0.15, 0.2) is 0 Å². The van der Waals surface area contributed by atoms with Crippen LogP contribution in [-0.2, 0) is 22.4 Å². The Morgan fingerprint density at radius 2 is 1.89 bits per heavy atom. The molecule has 0 aliphatic carbocycles. The summed E-state index contributed by atoms with van der Waals surface area (Å²) < 4.78 is 5.43. The van der Waals surface area contributed by atoms with Crippen LogP contribution < -0.4 is 15.0 Å². The molecule has 28 heavy (non-hydrogen) atoms. The van der Waals surface area contributed by atoms with Crippen molar-refractivity contribution in [1.82, 2.24) is 0 Å². The number of carbonyl (C=O) groups excluding carboxylic acids is 2. The van der Waals surface area contributed by atoms with E-state index in [1.165, 1.54) is 0 Å². The summed E-state index contributed by atoms with van der Waals surface area (Å²) in [7, 11) is 0. The SMILES string of the molecule is CCOc1ccc(CC(=O)Nc2ccc3c(c2)CCC(=O)N3CC(C)C)cc1. The zero-order valence-corrected chi connectivity index (χ0v) is 16.8. The number of hydrogen-bond acceptors (Lipinski definition) is 3. The zero-order chi connectivity index (χ0) is 20.1. The molecule has 0 aromatic heterocycles. The Morgan fingerprint density at radius 1 is 1.14 bits per heavy atom. The van der Waals surface area contributed by atoms with Gasteiger partial charge in [-0.05, 0) is 60.7 Å². The number of aryl methyl sites for hydroxylation is 1. The number of anilines is 2. The molecule has 0 saturated carbocycles. The van der Waals surface area contributed by atoms with Crippen LogP contribution in [0, 0.1) is 5.92 Å². The van der Waals surface area contributed by atoms with Crippen molar-refractivity contribution in [2.45, 2.75) is 40.0 Å². The molecule has 5 nitrogen and oxygen atoms in total. The lowest BCUT2D eigenvalue weighted by molar-refractivity contribution is -0.119. The molecule has 2 aromatic carbocycles. The third-order valence-corrected chi connectivity index (χ3v) is 4.71. The van der Waals surface area contributed by atoms with Gasteiger partial charge >= 0.3 is 0 Å². The summed E-state index contributed by atoms with van der Waals surface area (Å²) in [6, 6.07) is 13.4. The molecule has 0 unspecified atom stereocenters. The summed E-state index contributed by atoms with van der Waals surface area (Å²) in [6.07, 6.45) is 1.54. The van der Waals surface area contributed by atoms with Crippen molar-refractivity contribution in [3.63, 3.8) is 0 Å². The molecule has 0 spiro atoms. The summed E-state index contributed by atoms with van der Waals surface area (Å²) >= 11 is 0. The van der Waals surface area contributed by atoms with Crippen LogP contribution in [0.15, 0.2) is 42.5 Å². The van der Waals surface area contributed by atoms with Crippen LogP contribution in [0.25, 0.3) is 0 Å². The first-order valence-corrected chi connectivity index (χ1v) is 9.91. The van der Waals surface area contributed by atoms with Gasteiger partial charge in [-0.15, -0.1) is 0 Å². The van der Waals surface area contributed by atoms with E-state index in [0.29, 0.717) is 31.8 Å². The van der Waals surface area contributed by atoms with E-state index in [2.05, 4.69) is 19.2 Å². The van der Waals surface area contributed by atoms with Crippen molar-refractivity contribution in [3.8, 4) is 5.75 Å². The van der Waals surface area contributed by atoms with Gasteiger partial charge in [-0.3, -0.25) is 9.59 Å². The molecule has 0 fully saturated rings. The maximum absolute atomic E-state index is 12.4. The van der Waals surface area contributed by atoms with Crippen LogP contribution in [0.1, 0.15) is 38.3 Å². The molecule has 0 bridgehead atoms. The minimum absolute atomic E-state index is 0.0602. The molecule has 0 saturated heterocycles. The van der Waals surface area contributed by atoms with E-state index in [1.54, 1.807) is 0 Å². The number of rotatable bonds is 7. The van der Waals surface area contributed by atoms with E-state index in [0.717, 1.165) is 34.8 Å². The standard InChI is InChI=1S/C23H28N2O3/c1-4-28-20-9-5-17(6-10-20)13-22(26)24-19-8-11-21-18(14-19)7-12-23(27)25(21)15-16(2)3/h5-6,8-11,14,16H,4,7,12-13,15H2,1-3H3,(H,24,26). The second-order valence-corrected chi connectivity index (χ2v) is 7.54. The highest BCUT2D eigenvalue weighted by atomic mass is 16.5. The second kappa shape index (κ2) is 8.91. The lowest BCUT2D eigenvalue weighted by Crippen LogP contribution is -2.37. The van der Waals surface area contributed by atoms with Gasteiger partial charge in [0.1, 0.15) is 5.75 Å². The van der Waals surface area contributed by atoms with Gasteiger partial charge in [0, 0.05) is 24.3 Å². The monoisotopic (exact) mass is 380 g/mol. The molecule has 0 radical (unpaired) electrons. The van der Waals surface area contributed by atoms with Gasteiger partial charge < -0.3 is 15.0 Å². The van der Waals surface area contributed by atoms with Crippen molar-refractivity contribution in [2.75, 3.05) is 23.4 Å². The van der Waals surface area contributed by atoms with Crippen LogP contribution in [0.3, 0.4) is 0 Å². The molecule has 2 amide bonds. The minimum Gasteiger partial charge on any atom is -0.494 e. The summed E-state index contributed by atoms with van der Waals surface area (Å²) in [5.74, 6) is 1.33. The number of carbonyl (C=O) groups is 2. The molecule has 1 aliphatic heterocycles. The maximum atomic E-state index is 12.4. The highest BCUT2D eigenvalue weighted by molar-refractivity contribution is 5.98. The van der Waals surface area contributed by atoms with Gasteiger partial charge in [-0.1, -0.05) is 26.0 Å². The number of benzene rings is 2. The highest BCUT2D eigenvalue weighted by Crippen LogP contribution is 2.31. The van der Waals surface area contributed by atoms with Crippen LogP contribution in [0.2, 0.25) is 0 Å². The normalized spacial score (nSPS) is 13.4. The van der Waals surface area contributed by atoms with E-state index in [9.17, 15) is 9.59 Å². The molecule has 1 aliphatic rings. The number of nitrogens with zero attached hydrogens (tertiary/aromatic N) is 1. The van der Waals surface area contributed by atoms with Crippen molar-refractivity contribution >= 4 is 23.2 Å². The topological polar surface area (TPSA) is 58.6 Å². The summed E-state index contributed by atoms with van der Waals surface area (Å²) in [5, 5.41) is 2.97. The third-order valence-electron chi connectivity index (χ3n) is 4.71. The molecule has 0 atom stereocenters. The van der Waals surface area contributed by atoms with Crippen LogP contribution >= 0.6 is 0 Å². The molecule has 2 aromatic rings. The molecular formula is C23H28N2O3. The maximum Gasteiger partial charge on any atom is 0.228 e. The lowest BCUT2D eigenvalue weighted by Gasteiger charge is -2.31. The van der Waals surface area contributed by atoms with E-state index in [-0.39, 0.29) is 11.8 Å². The third kappa shape index (κ3) is 4.91. The average molecular weight is 380 g/mol. The smallest absolute Gasteiger partial charge is 0.228 e. The average Bonchev–Trinajstić information content (AvgIpc) is 2.65. The number of ether oxygens (including phenoxy) is 1. The van der Waals surface area contributed by atoms with Crippen LogP contribution in [0.5, 0.6) is 5.75 Å². The first-order chi connectivity index (χ1) is 13.5. The Morgan fingerprint density at radius 3 is 2.57 bits per heavy atom. The van der Waals surface area contributed by atoms with E-state index < -0.39 is 0 Å². The summed E-state index contributed by atoms with van der Waals surface area (Å²) in [5.41, 5.74) is 3.79. The Bertz CT molecular complexity index is 843. The second-order valence-electron chi connectivity index (χ2n) is 7.54. The molecule has 1 N–H and O–H groups in total. The zero-order valence-electron chi connectivity index (χ0n) is 16.8. The highest BCUT2D eigenvalue weighted by Gasteiger charge is 2.24. The quantitative estimate of drug-likeness (QED) is 0.783. The number of hydrogen-bond donors (Lipinski definition) is 1. The molecule has 5 heteroatoms. The fraction of sp³-hybridized carbons (Fsp3) is 0.391. The number of fused-ring (bicyclic) bond motifs is 1. The van der Waals surface area contributed by atoms with Crippen LogP contribution in [-0.4, -0.2) is 25.0 Å². The van der Waals surface area contributed by atoms with Gasteiger partial charge in [0.05, 0.1) is 13.0 Å². The fourth-order valence-electron chi connectivity index (χ4n) is 3.46. The van der Waals surface area contributed by atoms with E-state index >= 15 is 0 Å². The van der Waals surface area contributed by atoms with Crippen molar-refractivity contribution in [1.29, 1.82) is 0 Å². The number of nitrogens with one attached hydrogen (secondary N) is 1. The first-order valence-electron chi connectivity index (χ1n) is 9.91. The van der Waals surface area contributed by atoms with Gasteiger partial charge in [0.25, 0.3) is 0 Å². The van der Waals surface area contributed by atoms with Gasteiger partial charge in [-0.2, -0.15) is 0 Å². The lowest BCUT2D eigenvalue weighted by atomic mass is 9.99. The van der Waals surface area contributed by atoms with E-state index in [1.807, 2.05) is 54.3 Å². The number of amides is 2. The summed E-state index contributed by atoms with van der Waals surface area (Å²) in [4.78, 5) is 26.6. The van der Waals surface area contributed by atoms with Crippen LogP contribution in [0.4, 0.5) is 11.4 Å². The Kier molecular flexibility index (Phi) is 6.34. The fourth-order valence-corrected chi connectivity index (χ4v) is 3.46. The van der Waals surface area contributed by atoms with Crippen molar-refractivity contribution < 1.29 is 14.3 Å². The van der Waals surface area contributed by atoms with Crippen molar-refractivity contribution in [3.05, 3.63) is 53.6 Å². The van der Waals surface area contributed by atoms with Crippen molar-refractivity contribution in [2.24, 2.45) is 5.92 Å². The minimum atomic E-state index is -0.0602. The predicted octanol–water partition coefficient (Wildman–Crippen LogP) is 4.20. The summed E-state index contributed by atoms with van der Waals surface area (Å²) in [6.45, 7) is 7.50. The molecule has 1 heterocycles.